The first-order chi connectivity index (χ1) is 15.1. The summed E-state index contributed by atoms with van der Waals surface area (Å²) in [6.07, 6.45) is 2.16. The number of carbonyl (C=O) groups excluding carboxylic acids is 2. The molecule has 3 aromatic rings. The number of hydrogen-bond acceptors (Lipinski definition) is 6. The Labute approximate surface area is 180 Å². The second-order valence-electron chi connectivity index (χ2n) is 6.43. The largest absolute Gasteiger partial charge is 0.487 e. The second-order valence-corrected chi connectivity index (χ2v) is 6.43. The van der Waals surface area contributed by atoms with Crippen LogP contribution in [0.15, 0.2) is 84.7 Å². The van der Waals surface area contributed by atoms with E-state index in [2.05, 4.69) is 10.3 Å². The number of esters is 1. The highest BCUT2D eigenvalue weighted by Crippen LogP contribution is 2.14. The van der Waals surface area contributed by atoms with Crippen molar-refractivity contribution in [2.75, 3.05) is 7.11 Å². The summed E-state index contributed by atoms with van der Waals surface area (Å²) in [7, 11) is 1.22. The van der Waals surface area contributed by atoms with Gasteiger partial charge < -0.3 is 14.2 Å². The maximum Gasteiger partial charge on any atom is 0.412 e. The van der Waals surface area contributed by atoms with E-state index in [1.54, 1.807) is 12.1 Å². The molecule has 0 fully saturated rings. The molecule has 2 aromatic carbocycles. The Bertz CT molecular complexity index is 1020. The highest BCUT2D eigenvalue weighted by molar-refractivity contribution is 5.96. The molecule has 0 saturated heterocycles. The molecule has 1 aromatic heterocycles. The van der Waals surface area contributed by atoms with E-state index in [1.807, 2.05) is 60.7 Å². The van der Waals surface area contributed by atoms with Crippen molar-refractivity contribution in [2.24, 2.45) is 0 Å². The average Bonchev–Trinajstić information content (AvgIpc) is 2.82. The molecule has 0 saturated carbocycles. The van der Waals surface area contributed by atoms with Crippen LogP contribution in [0.3, 0.4) is 0 Å². The smallest absolute Gasteiger partial charge is 0.412 e. The minimum atomic E-state index is -0.775. The molecule has 0 aliphatic rings. The molecule has 0 atom stereocenters. The van der Waals surface area contributed by atoms with Crippen molar-refractivity contribution in [2.45, 2.75) is 13.2 Å². The summed E-state index contributed by atoms with van der Waals surface area (Å²) in [5.74, 6) is -0.140. The van der Waals surface area contributed by atoms with Crippen molar-refractivity contribution in [3.63, 3.8) is 0 Å². The molecule has 7 nitrogen and oxygen atoms in total. The van der Waals surface area contributed by atoms with Crippen LogP contribution in [0, 0.1) is 0 Å². The number of methoxy groups -OCH3 is 1. The van der Waals surface area contributed by atoms with Gasteiger partial charge in [-0.3, -0.25) is 10.3 Å². The minimum absolute atomic E-state index is 0.0762. The Balaban J connectivity index is 1.60. The third-order valence-corrected chi connectivity index (χ3v) is 4.15. The van der Waals surface area contributed by atoms with E-state index in [0.29, 0.717) is 18.1 Å². The first kappa shape index (κ1) is 21.6. The average molecular weight is 418 g/mol. The van der Waals surface area contributed by atoms with Gasteiger partial charge in [0.1, 0.15) is 24.7 Å². The van der Waals surface area contributed by atoms with Crippen LogP contribution >= 0.6 is 0 Å². The minimum Gasteiger partial charge on any atom is -0.487 e. The molecular formula is C24H22N2O5. The number of pyridine rings is 1. The van der Waals surface area contributed by atoms with Crippen molar-refractivity contribution in [1.82, 2.24) is 10.3 Å². The highest BCUT2D eigenvalue weighted by atomic mass is 16.6. The predicted molar refractivity (Wildman–Crippen MR) is 115 cm³/mol. The van der Waals surface area contributed by atoms with Crippen molar-refractivity contribution >= 4 is 18.1 Å². The lowest BCUT2D eigenvalue weighted by Crippen LogP contribution is -2.28. The highest BCUT2D eigenvalue weighted by Gasteiger charge is 2.15. The van der Waals surface area contributed by atoms with Crippen LogP contribution in [-0.4, -0.2) is 24.2 Å². The Morgan fingerprint density at radius 3 is 2.13 bits per heavy atom. The van der Waals surface area contributed by atoms with Crippen molar-refractivity contribution < 1.29 is 23.8 Å². The van der Waals surface area contributed by atoms with Crippen molar-refractivity contribution in [1.29, 1.82) is 0 Å². The van der Waals surface area contributed by atoms with Crippen LogP contribution in [-0.2, 0) is 27.5 Å². The third-order valence-electron chi connectivity index (χ3n) is 4.15. The number of nitrogens with one attached hydrogen (secondary N) is 1. The second kappa shape index (κ2) is 11.2. The fourth-order valence-electron chi connectivity index (χ4n) is 2.58. The number of hydrogen-bond donors (Lipinski definition) is 1. The molecule has 31 heavy (non-hydrogen) atoms. The molecule has 1 heterocycles. The molecule has 0 radical (unpaired) electrons. The van der Waals surface area contributed by atoms with E-state index in [0.717, 1.165) is 11.1 Å². The summed E-state index contributed by atoms with van der Waals surface area (Å²) in [5, 5.41) is 2.40. The van der Waals surface area contributed by atoms with Gasteiger partial charge in [0, 0.05) is 0 Å². The SMILES string of the molecule is COC(=O)/C(=C\c1ccc(OCc2ccccc2)cn1)NC(=O)OCc1ccccc1. The van der Waals surface area contributed by atoms with Crippen LogP contribution in [0.5, 0.6) is 5.75 Å². The lowest BCUT2D eigenvalue weighted by atomic mass is 10.2. The summed E-state index contributed by atoms with van der Waals surface area (Å²) in [4.78, 5) is 28.4. The summed E-state index contributed by atoms with van der Waals surface area (Å²) >= 11 is 0. The van der Waals surface area contributed by atoms with E-state index in [4.69, 9.17) is 14.2 Å². The zero-order valence-corrected chi connectivity index (χ0v) is 17.0. The monoisotopic (exact) mass is 418 g/mol. The van der Waals surface area contributed by atoms with E-state index < -0.39 is 12.1 Å². The van der Waals surface area contributed by atoms with Gasteiger partial charge in [-0.25, -0.2) is 9.59 Å². The van der Waals surface area contributed by atoms with Gasteiger partial charge in [-0.15, -0.1) is 0 Å². The number of aromatic nitrogens is 1. The Kier molecular flexibility index (Phi) is 7.77. The quantitative estimate of drug-likeness (QED) is 0.438. The molecule has 7 heteroatoms. The summed E-state index contributed by atoms with van der Waals surface area (Å²) < 4.78 is 15.6. The summed E-state index contributed by atoms with van der Waals surface area (Å²) in [6, 6.07) is 22.4. The van der Waals surface area contributed by atoms with E-state index >= 15 is 0 Å². The summed E-state index contributed by atoms with van der Waals surface area (Å²) in [5.41, 5.74) is 2.22. The van der Waals surface area contributed by atoms with Gasteiger partial charge in [-0.2, -0.15) is 0 Å². The van der Waals surface area contributed by atoms with Gasteiger partial charge in [0.15, 0.2) is 0 Å². The van der Waals surface area contributed by atoms with Gasteiger partial charge in [-0.1, -0.05) is 60.7 Å². The van der Waals surface area contributed by atoms with Gasteiger partial charge in [0.25, 0.3) is 0 Å². The third kappa shape index (κ3) is 7.01. The maximum atomic E-state index is 12.1. The predicted octanol–water partition coefficient (Wildman–Crippen LogP) is 4.10. The molecule has 0 bridgehead atoms. The molecule has 1 N–H and O–H groups in total. The lowest BCUT2D eigenvalue weighted by Gasteiger charge is -2.09. The number of alkyl carbamates (subject to hydrolysis) is 1. The zero-order chi connectivity index (χ0) is 21.9. The van der Waals surface area contributed by atoms with Crippen LogP contribution in [0.25, 0.3) is 6.08 Å². The molecule has 0 spiro atoms. The van der Waals surface area contributed by atoms with Crippen LogP contribution in [0.2, 0.25) is 0 Å². The van der Waals surface area contributed by atoms with Crippen molar-refractivity contribution in [3.8, 4) is 5.75 Å². The van der Waals surface area contributed by atoms with Gasteiger partial charge in [-0.05, 0) is 29.3 Å². The standard InChI is InChI=1S/C24H22N2O5/c1-29-23(27)22(26-24(28)31-17-19-10-6-3-7-11-19)14-20-12-13-21(15-25-20)30-16-18-8-4-2-5-9-18/h2-15H,16-17H2,1H3,(H,26,28)/b22-14+. The molecule has 0 unspecified atom stereocenters. The van der Waals surface area contributed by atoms with Crippen LogP contribution in [0.4, 0.5) is 4.79 Å². The molecule has 0 aliphatic carbocycles. The molecule has 158 valence electrons. The van der Waals surface area contributed by atoms with Gasteiger partial charge in [0.05, 0.1) is 19.0 Å². The fraction of sp³-hybridized carbons (Fsp3) is 0.125. The molecule has 1 amide bonds. The van der Waals surface area contributed by atoms with Gasteiger partial charge >= 0.3 is 12.1 Å². The van der Waals surface area contributed by atoms with Crippen LogP contribution < -0.4 is 10.1 Å². The lowest BCUT2D eigenvalue weighted by molar-refractivity contribution is -0.136. The van der Waals surface area contributed by atoms with Crippen LogP contribution in [0.1, 0.15) is 16.8 Å². The number of amides is 1. The summed E-state index contributed by atoms with van der Waals surface area (Å²) in [6.45, 7) is 0.493. The number of carbonyl (C=O) groups is 2. The molecule has 3 rings (SSSR count). The first-order valence-corrected chi connectivity index (χ1v) is 9.54. The van der Waals surface area contributed by atoms with E-state index in [9.17, 15) is 9.59 Å². The number of rotatable bonds is 8. The Hall–Kier alpha value is -4.13. The van der Waals surface area contributed by atoms with Gasteiger partial charge in [0.2, 0.25) is 0 Å². The normalized spacial score (nSPS) is 10.8. The maximum absolute atomic E-state index is 12.1. The molecule has 0 aliphatic heterocycles. The Morgan fingerprint density at radius 1 is 0.903 bits per heavy atom. The molecular weight excluding hydrogens is 396 g/mol. The number of benzene rings is 2. The first-order valence-electron chi connectivity index (χ1n) is 9.54. The van der Waals surface area contributed by atoms with Crippen molar-refractivity contribution in [3.05, 3.63) is 102 Å². The fourth-order valence-corrected chi connectivity index (χ4v) is 2.58. The zero-order valence-electron chi connectivity index (χ0n) is 17.0. The van der Waals surface area contributed by atoms with E-state index in [-0.39, 0.29) is 12.3 Å². The number of nitrogens with zero attached hydrogens (tertiary/aromatic N) is 1. The van der Waals surface area contributed by atoms with E-state index in [1.165, 1.54) is 19.4 Å². The topological polar surface area (TPSA) is 86.8 Å². The number of ether oxygens (including phenoxy) is 3. The Morgan fingerprint density at radius 2 is 1.55 bits per heavy atom.